The Balaban J connectivity index is 1.63. The lowest BCUT2D eigenvalue weighted by Crippen LogP contribution is -2.43. The quantitative estimate of drug-likeness (QED) is 0.343. The average molecular weight is 666 g/mol. The summed E-state index contributed by atoms with van der Waals surface area (Å²) in [6.45, 7) is -5.43. The number of hydrogen-bond donors (Lipinski definition) is 2. The Morgan fingerprint density at radius 3 is 2.24 bits per heavy atom. The molecule has 1 aliphatic rings. The first-order valence-corrected chi connectivity index (χ1v) is 12.3. The monoisotopic (exact) mass is 666 g/mol. The van der Waals surface area contributed by atoms with E-state index in [9.17, 15) is 62.3 Å². The number of amides is 2. The number of nitrogens with two attached hydrogens (primary N) is 1. The summed E-state index contributed by atoms with van der Waals surface area (Å²) in [5, 5.41) is 5.71. The summed E-state index contributed by atoms with van der Waals surface area (Å²) in [5.41, 5.74) is 2.25. The van der Waals surface area contributed by atoms with Crippen LogP contribution < -0.4 is 15.8 Å². The first-order valence-electron chi connectivity index (χ1n) is 12.3. The van der Waals surface area contributed by atoms with Gasteiger partial charge in [-0.1, -0.05) is 0 Å². The lowest BCUT2D eigenvalue weighted by Gasteiger charge is -2.25. The van der Waals surface area contributed by atoms with Crippen LogP contribution in [0.5, 0.6) is 5.75 Å². The summed E-state index contributed by atoms with van der Waals surface area (Å²) >= 11 is 0. The number of fused-ring (bicyclic) bond motifs is 1. The maximum atomic E-state index is 14.7. The van der Waals surface area contributed by atoms with Crippen molar-refractivity contribution in [3.63, 3.8) is 0 Å². The van der Waals surface area contributed by atoms with Crippen LogP contribution in [0.25, 0.3) is 16.8 Å². The van der Waals surface area contributed by atoms with E-state index in [-0.39, 0.29) is 11.3 Å². The molecule has 9 nitrogen and oxygen atoms in total. The average Bonchev–Trinajstić information content (AvgIpc) is 3.47. The van der Waals surface area contributed by atoms with Gasteiger partial charge in [-0.25, -0.2) is 13.9 Å². The fraction of sp³-hybridized carbons (Fsp3) is 0.417. The summed E-state index contributed by atoms with van der Waals surface area (Å²) < 4.78 is 164. The minimum absolute atomic E-state index is 0.240. The number of nitrogen functional groups attached to an aromatic ring is 1. The number of likely N-dealkylation sites (tertiary alicyclic amines) is 1. The molecule has 0 bridgehead atoms. The molecule has 1 saturated heterocycles. The third kappa shape index (κ3) is 7.11. The van der Waals surface area contributed by atoms with E-state index in [0.717, 1.165) is 24.5 Å². The second kappa shape index (κ2) is 11.8. The van der Waals surface area contributed by atoms with Crippen molar-refractivity contribution in [2.24, 2.45) is 5.92 Å². The Kier molecular flexibility index (Phi) is 8.77. The SMILES string of the molecule is Nc1ncnn2c(-c3ccc(OC(F)F)c(C(=O)N[C@@H]4CN(C(=O)CC(C(F)(F)F)C(F)(F)F)C[C@@H]4F)c3)cc(C(F)(F)F)c12. The topological polar surface area (TPSA) is 115 Å². The van der Waals surface area contributed by atoms with E-state index in [1.807, 2.05) is 5.32 Å². The lowest BCUT2D eigenvalue weighted by atomic mass is 10.0. The minimum atomic E-state index is -5.84. The molecule has 0 saturated carbocycles. The Labute approximate surface area is 242 Å². The summed E-state index contributed by atoms with van der Waals surface area (Å²) in [4.78, 5) is 29.1. The number of ether oxygens (including phenoxy) is 1. The van der Waals surface area contributed by atoms with Crippen LogP contribution in [0.4, 0.5) is 58.5 Å². The van der Waals surface area contributed by atoms with Crippen molar-refractivity contribution in [1.29, 1.82) is 0 Å². The van der Waals surface area contributed by atoms with Crippen LogP contribution in [-0.4, -0.2) is 75.6 Å². The molecular formula is C24H18F12N6O3. The van der Waals surface area contributed by atoms with Crippen LogP contribution in [-0.2, 0) is 11.0 Å². The molecule has 0 spiro atoms. The van der Waals surface area contributed by atoms with Crippen LogP contribution >= 0.6 is 0 Å². The van der Waals surface area contributed by atoms with Gasteiger partial charge >= 0.3 is 25.1 Å². The molecule has 246 valence electrons. The normalized spacial score (nSPS) is 17.9. The Morgan fingerprint density at radius 1 is 1.02 bits per heavy atom. The number of benzene rings is 1. The van der Waals surface area contributed by atoms with Gasteiger partial charge in [0.15, 0.2) is 11.7 Å². The summed E-state index contributed by atoms with van der Waals surface area (Å²) in [7, 11) is 0. The van der Waals surface area contributed by atoms with Gasteiger partial charge < -0.3 is 20.7 Å². The number of nitrogens with zero attached hydrogens (tertiary/aromatic N) is 4. The van der Waals surface area contributed by atoms with E-state index in [4.69, 9.17) is 5.73 Å². The van der Waals surface area contributed by atoms with Crippen molar-refractivity contribution >= 4 is 23.1 Å². The third-order valence-corrected chi connectivity index (χ3v) is 6.71. The zero-order chi connectivity index (χ0) is 33.6. The molecule has 0 radical (unpaired) electrons. The highest BCUT2D eigenvalue weighted by molar-refractivity contribution is 5.98. The summed E-state index contributed by atoms with van der Waals surface area (Å²) in [5.74, 6) is -8.56. The van der Waals surface area contributed by atoms with Gasteiger partial charge in [-0.15, -0.1) is 0 Å². The zero-order valence-corrected chi connectivity index (χ0v) is 21.9. The molecule has 3 N–H and O–H groups in total. The molecule has 2 aromatic heterocycles. The molecule has 0 aliphatic carbocycles. The third-order valence-electron chi connectivity index (χ3n) is 6.71. The second-order valence-electron chi connectivity index (χ2n) is 9.67. The maximum absolute atomic E-state index is 14.7. The van der Waals surface area contributed by atoms with Crippen molar-refractivity contribution < 1.29 is 67.0 Å². The summed E-state index contributed by atoms with van der Waals surface area (Å²) in [6, 6.07) is 1.39. The van der Waals surface area contributed by atoms with Crippen LogP contribution in [0.15, 0.2) is 30.6 Å². The Hall–Kier alpha value is -4.46. The molecule has 1 fully saturated rings. The number of alkyl halides is 12. The second-order valence-corrected chi connectivity index (χ2v) is 9.67. The highest BCUT2D eigenvalue weighted by Crippen LogP contribution is 2.42. The van der Waals surface area contributed by atoms with E-state index in [1.165, 1.54) is 0 Å². The molecular weight excluding hydrogens is 648 g/mol. The fourth-order valence-corrected chi connectivity index (χ4v) is 4.63. The standard InChI is InChI=1S/C24H18F12N6O3/c25-12-6-41(17(43)5-16(23(31,32)33)24(34,35)36)7-13(12)40-20(44)10-3-9(1-2-15(10)45-21(26)27)14-4-11(22(28,29)30)18-19(37)38-8-39-42(14)18/h1-4,8,12-13,16,21H,5-7H2,(H,40,44)(H2,37,38,39)/t12-,13+/m0/s1. The Morgan fingerprint density at radius 2 is 1.67 bits per heavy atom. The van der Waals surface area contributed by atoms with Crippen LogP contribution in [0.1, 0.15) is 22.3 Å². The predicted molar refractivity (Wildman–Crippen MR) is 127 cm³/mol. The van der Waals surface area contributed by atoms with Gasteiger partial charge in [-0.05, 0) is 24.3 Å². The number of rotatable bonds is 7. The van der Waals surface area contributed by atoms with E-state index in [0.29, 0.717) is 15.5 Å². The van der Waals surface area contributed by atoms with Crippen molar-refractivity contribution in [2.75, 3.05) is 18.8 Å². The van der Waals surface area contributed by atoms with Gasteiger partial charge in [0.25, 0.3) is 5.91 Å². The van der Waals surface area contributed by atoms with Gasteiger partial charge in [-0.3, -0.25) is 9.59 Å². The fourth-order valence-electron chi connectivity index (χ4n) is 4.63. The zero-order valence-electron chi connectivity index (χ0n) is 21.9. The van der Waals surface area contributed by atoms with Crippen LogP contribution in [0, 0.1) is 5.92 Å². The molecule has 0 unspecified atom stereocenters. The van der Waals surface area contributed by atoms with Crippen molar-refractivity contribution in [3.05, 3.63) is 41.7 Å². The van der Waals surface area contributed by atoms with E-state index < -0.39 is 103 Å². The van der Waals surface area contributed by atoms with Gasteiger partial charge in [-0.2, -0.15) is 53.4 Å². The molecule has 1 aliphatic heterocycles. The number of carbonyl (C=O) groups excluding carboxylic acids is 2. The van der Waals surface area contributed by atoms with E-state index in [1.54, 1.807) is 0 Å². The number of anilines is 1. The van der Waals surface area contributed by atoms with E-state index >= 15 is 0 Å². The minimum Gasteiger partial charge on any atom is -0.434 e. The molecule has 1 aromatic carbocycles. The molecule has 3 aromatic rings. The highest BCUT2D eigenvalue weighted by atomic mass is 19.4. The van der Waals surface area contributed by atoms with Gasteiger partial charge in [0, 0.05) is 18.5 Å². The highest BCUT2D eigenvalue weighted by Gasteiger charge is 2.57. The molecule has 21 heteroatoms. The summed E-state index contributed by atoms with van der Waals surface area (Å²) in [6.07, 6.45) is -20.1. The smallest absolute Gasteiger partial charge is 0.418 e. The molecule has 45 heavy (non-hydrogen) atoms. The first kappa shape index (κ1) is 33.4. The number of aromatic nitrogens is 3. The number of carbonyl (C=O) groups is 2. The van der Waals surface area contributed by atoms with Crippen molar-refractivity contribution in [3.8, 4) is 17.0 Å². The lowest BCUT2D eigenvalue weighted by molar-refractivity contribution is -0.284. The predicted octanol–water partition coefficient (Wildman–Crippen LogP) is 5.01. The van der Waals surface area contributed by atoms with Crippen molar-refractivity contribution in [1.82, 2.24) is 24.8 Å². The maximum Gasteiger partial charge on any atom is 0.418 e. The van der Waals surface area contributed by atoms with Crippen molar-refractivity contribution in [2.45, 2.75) is 43.8 Å². The number of halogens is 12. The van der Waals surface area contributed by atoms with Gasteiger partial charge in [0.05, 0.1) is 29.4 Å². The first-order chi connectivity index (χ1) is 20.7. The Bertz CT molecular complexity index is 1570. The molecule has 4 rings (SSSR count). The van der Waals surface area contributed by atoms with Crippen LogP contribution in [0.2, 0.25) is 0 Å². The molecule has 3 heterocycles. The number of nitrogens with one attached hydrogen (secondary N) is 1. The molecule has 2 atom stereocenters. The van der Waals surface area contributed by atoms with Gasteiger partial charge in [0.1, 0.15) is 23.8 Å². The number of hydrogen-bond acceptors (Lipinski definition) is 6. The van der Waals surface area contributed by atoms with E-state index in [2.05, 4.69) is 14.8 Å². The largest absolute Gasteiger partial charge is 0.434 e. The van der Waals surface area contributed by atoms with Gasteiger partial charge in [0.2, 0.25) is 5.91 Å². The molecule has 2 amide bonds. The van der Waals surface area contributed by atoms with Crippen LogP contribution in [0.3, 0.4) is 0 Å².